The summed E-state index contributed by atoms with van der Waals surface area (Å²) < 4.78 is 25.5. The first-order chi connectivity index (χ1) is 12.0. The number of hydrazine groups is 1. The molecule has 0 heterocycles. The second kappa shape index (κ2) is 9.58. The number of rotatable bonds is 6. The highest BCUT2D eigenvalue weighted by atomic mass is 32.2. The van der Waals surface area contributed by atoms with Crippen LogP contribution in [0.5, 0.6) is 0 Å². The van der Waals surface area contributed by atoms with Gasteiger partial charge in [-0.1, -0.05) is 12.1 Å². The van der Waals surface area contributed by atoms with Crippen LogP contribution in [-0.2, 0) is 9.59 Å². The molecule has 0 aliphatic heterocycles. The monoisotopic (exact) mass is 362 g/mol. The smallest absolute Gasteiger partial charge is 0.262 e. The molecule has 0 aliphatic carbocycles. The fourth-order valence-electron chi connectivity index (χ4n) is 1.77. The predicted octanol–water partition coefficient (Wildman–Crippen LogP) is 3.31. The van der Waals surface area contributed by atoms with Gasteiger partial charge in [0.25, 0.3) is 5.91 Å². The van der Waals surface area contributed by atoms with E-state index in [1.54, 1.807) is 12.1 Å². The van der Waals surface area contributed by atoms with E-state index < -0.39 is 5.91 Å². The van der Waals surface area contributed by atoms with Crippen molar-refractivity contribution in [2.45, 2.75) is 11.3 Å². The van der Waals surface area contributed by atoms with Gasteiger partial charge in [0, 0.05) is 23.1 Å². The first-order valence-electron chi connectivity index (χ1n) is 7.44. The molecule has 0 saturated heterocycles. The molecule has 0 unspecified atom stereocenters. The minimum atomic E-state index is -0.496. The average molecular weight is 362 g/mol. The molecule has 2 amide bonds. The molecule has 2 N–H and O–H groups in total. The van der Waals surface area contributed by atoms with Crippen molar-refractivity contribution in [2.24, 2.45) is 0 Å². The van der Waals surface area contributed by atoms with Gasteiger partial charge < -0.3 is 0 Å². The van der Waals surface area contributed by atoms with Crippen LogP contribution in [0.1, 0.15) is 12.0 Å². The van der Waals surface area contributed by atoms with Gasteiger partial charge in [-0.3, -0.25) is 20.4 Å². The number of benzene rings is 2. The van der Waals surface area contributed by atoms with E-state index >= 15 is 0 Å². The second-order valence-electron chi connectivity index (χ2n) is 4.97. The highest BCUT2D eigenvalue weighted by Gasteiger charge is 2.03. The fourth-order valence-corrected chi connectivity index (χ4v) is 2.63. The summed E-state index contributed by atoms with van der Waals surface area (Å²) in [7, 11) is 0. The molecule has 0 saturated carbocycles. The van der Waals surface area contributed by atoms with E-state index in [0.717, 1.165) is 4.90 Å². The molecule has 2 aromatic carbocycles. The highest BCUT2D eigenvalue weighted by Crippen LogP contribution is 2.18. The number of nitrogens with one attached hydrogen (secondary N) is 2. The lowest BCUT2D eigenvalue weighted by molar-refractivity contribution is -0.126. The lowest BCUT2D eigenvalue weighted by Crippen LogP contribution is -2.40. The number of amides is 2. The molecule has 0 atom stereocenters. The van der Waals surface area contributed by atoms with Gasteiger partial charge in [0.1, 0.15) is 11.6 Å². The summed E-state index contributed by atoms with van der Waals surface area (Å²) in [5.74, 6) is -0.994. The third-order valence-electron chi connectivity index (χ3n) is 3.03. The van der Waals surface area contributed by atoms with E-state index in [1.165, 1.54) is 60.3 Å². The van der Waals surface area contributed by atoms with Crippen LogP contribution in [0.3, 0.4) is 0 Å². The van der Waals surface area contributed by atoms with Crippen molar-refractivity contribution in [3.05, 3.63) is 71.8 Å². The van der Waals surface area contributed by atoms with Gasteiger partial charge in [-0.2, -0.15) is 0 Å². The average Bonchev–Trinajstić information content (AvgIpc) is 2.61. The van der Waals surface area contributed by atoms with Gasteiger partial charge in [-0.15, -0.1) is 11.8 Å². The van der Waals surface area contributed by atoms with Crippen LogP contribution < -0.4 is 10.9 Å². The normalized spacial score (nSPS) is 10.6. The van der Waals surface area contributed by atoms with Gasteiger partial charge >= 0.3 is 0 Å². The SMILES string of the molecule is O=C(C=Cc1ccc(F)cc1)NNC(=O)CCSc1ccc(F)cc1. The molecule has 7 heteroatoms. The number of carbonyl (C=O) groups excluding carboxylic acids is 2. The second-order valence-corrected chi connectivity index (χ2v) is 6.14. The molecule has 0 aromatic heterocycles. The number of halogens is 2. The summed E-state index contributed by atoms with van der Waals surface area (Å²) in [5.41, 5.74) is 5.23. The van der Waals surface area contributed by atoms with Crippen LogP contribution in [-0.4, -0.2) is 17.6 Å². The summed E-state index contributed by atoms with van der Waals surface area (Å²) in [5, 5.41) is 0. The van der Waals surface area contributed by atoms with Crippen molar-refractivity contribution < 1.29 is 18.4 Å². The Labute approximate surface area is 148 Å². The Morgan fingerprint density at radius 2 is 1.52 bits per heavy atom. The number of thioether (sulfide) groups is 1. The minimum absolute atomic E-state index is 0.198. The van der Waals surface area contributed by atoms with Gasteiger partial charge in [0.2, 0.25) is 5.91 Å². The van der Waals surface area contributed by atoms with E-state index in [9.17, 15) is 18.4 Å². The number of hydrogen-bond donors (Lipinski definition) is 2. The van der Waals surface area contributed by atoms with Crippen LogP contribution in [0.4, 0.5) is 8.78 Å². The van der Waals surface area contributed by atoms with E-state index in [4.69, 9.17) is 0 Å². The van der Waals surface area contributed by atoms with Gasteiger partial charge in [-0.05, 0) is 48.0 Å². The molecule has 0 radical (unpaired) electrons. The molecule has 2 aromatic rings. The molecule has 130 valence electrons. The molecule has 0 aliphatic rings. The summed E-state index contributed by atoms with van der Waals surface area (Å²) in [6, 6.07) is 11.6. The van der Waals surface area contributed by atoms with Gasteiger partial charge in [-0.25, -0.2) is 8.78 Å². The zero-order valence-corrected chi connectivity index (χ0v) is 14.0. The molecule has 0 fully saturated rings. The van der Waals surface area contributed by atoms with Gasteiger partial charge in [0.15, 0.2) is 0 Å². The summed E-state index contributed by atoms with van der Waals surface area (Å²) in [4.78, 5) is 24.1. The molecule has 25 heavy (non-hydrogen) atoms. The van der Waals surface area contributed by atoms with Crippen molar-refractivity contribution >= 4 is 29.7 Å². The summed E-state index contributed by atoms with van der Waals surface area (Å²) >= 11 is 1.42. The standard InChI is InChI=1S/C18H16F2N2O2S/c19-14-4-1-13(2-5-14)3-10-17(23)21-22-18(24)11-12-25-16-8-6-15(20)7-9-16/h1-10H,11-12H2,(H,21,23)(H,22,24). The number of carbonyl (C=O) groups is 2. The molecule has 0 bridgehead atoms. The summed E-state index contributed by atoms with van der Waals surface area (Å²) in [6.07, 6.45) is 2.94. The van der Waals surface area contributed by atoms with Crippen molar-refractivity contribution in [1.29, 1.82) is 0 Å². The Kier molecular flexibility index (Phi) is 7.16. The van der Waals surface area contributed by atoms with Crippen molar-refractivity contribution in [1.82, 2.24) is 10.9 Å². The Balaban J connectivity index is 1.66. The maximum absolute atomic E-state index is 12.8. The Morgan fingerprint density at radius 3 is 2.16 bits per heavy atom. The highest BCUT2D eigenvalue weighted by molar-refractivity contribution is 7.99. The van der Waals surface area contributed by atoms with Crippen molar-refractivity contribution in [3.63, 3.8) is 0 Å². The fraction of sp³-hybridized carbons (Fsp3) is 0.111. The predicted molar refractivity (Wildman–Crippen MR) is 93.5 cm³/mol. The topological polar surface area (TPSA) is 58.2 Å². The van der Waals surface area contributed by atoms with Crippen LogP contribution in [0.15, 0.2) is 59.5 Å². The van der Waals surface area contributed by atoms with E-state index in [-0.39, 0.29) is 24.0 Å². The zero-order valence-electron chi connectivity index (χ0n) is 13.2. The first kappa shape index (κ1) is 18.7. The third-order valence-corrected chi connectivity index (χ3v) is 4.05. The Bertz CT molecular complexity index is 747. The van der Waals surface area contributed by atoms with E-state index in [0.29, 0.717) is 11.3 Å². The lowest BCUT2D eigenvalue weighted by atomic mass is 10.2. The Morgan fingerprint density at radius 1 is 0.920 bits per heavy atom. The van der Waals surface area contributed by atoms with Crippen LogP contribution in [0.2, 0.25) is 0 Å². The molecule has 4 nitrogen and oxygen atoms in total. The van der Waals surface area contributed by atoms with Crippen LogP contribution in [0, 0.1) is 11.6 Å². The molecule has 2 rings (SSSR count). The third kappa shape index (κ3) is 7.17. The first-order valence-corrected chi connectivity index (χ1v) is 8.42. The van der Waals surface area contributed by atoms with Crippen LogP contribution >= 0.6 is 11.8 Å². The van der Waals surface area contributed by atoms with Crippen molar-refractivity contribution in [3.8, 4) is 0 Å². The Hall–Kier alpha value is -2.67. The van der Waals surface area contributed by atoms with E-state index in [2.05, 4.69) is 10.9 Å². The largest absolute Gasteiger partial charge is 0.273 e. The van der Waals surface area contributed by atoms with Gasteiger partial charge in [0.05, 0.1) is 0 Å². The molecular formula is C18H16F2N2O2S. The molecule has 0 spiro atoms. The maximum atomic E-state index is 12.8. The number of hydrogen-bond acceptors (Lipinski definition) is 3. The minimum Gasteiger partial charge on any atom is -0.273 e. The molecular weight excluding hydrogens is 346 g/mol. The lowest BCUT2D eigenvalue weighted by Gasteiger charge is -2.05. The van der Waals surface area contributed by atoms with Crippen LogP contribution in [0.25, 0.3) is 6.08 Å². The summed E-state index contributed by atoms with van der Waals surface area (Å²) in [6.45, 7) is 0. The van der Waals surface area contributed by atoms with E-state index in [1.807, 2.05) is 0 Å². The quantitative estimate of drug-likeness (QED) is 0.471. The maximum Gasteiger partial charge on any atom is 0.262 e. The zero-order chi connectivity index (χ0) is 18.1. The van der Waals surface area contributed by atoms with Crippen molar-refractivity contribution in [2.75, 3.05) is 5.75 Å².